The van der Waals surface area contributed by atoms with Crippen molar-refractivity contribution in [1.82, 2.24) is 10.3 Å². The van der Waals surface area contributed by atoms with Gasteiger partial charge in [-0.05, 0) is 28.4 Å². The van der Waals surface area contributed by atoms with Crippen LogP contribution >= 0.6 is 15.9 Å². The second-order valence-corrected chi connectivity index (χ2v) is 3.93. The number of aromatic nitrogens is 1. The number of pyridine rings is 1. The quantitative estimate of drug-likeness (QED) is 0.815. The third kappa shape index (κ3) is 2.74. The van der Waals surface area contributed by atoms with E-state index < -0.39 is 11.5 Å². The molecule has 0 saturated carbocycles. The smallest absolute Gasteiger partial charge is 0.261 e. The van der Waals surface area contributed by atoms with E-state index in [0.29, 0.717) is 10.9 Å². The summed E-state index contributed by atoms with van der Waals surface area (Å²) in [5.74, 6) is 1.80. The van der Waals surface area contributed by atoms with Crippen LogP contribution in [0.2, 0.25) is 0 Å². The van der Waals surface area contributed by atoms with Gasteiger partial charge in [0.15, 0.2) is 0 Å². The van der Waals surface area contributed by atoms with Gasteiger partial charge in [-0.1, -0.05) is 12.8 Å². The van der Waals surface area contributed by atoms with Gasteiger partial charge in [0, 0.05) is 10.2 Å². The Labute approximate surface area is 102 Å². The second kappa shape index (κ2) is 5.52. The minimum atomic E-state index is -0.470. The molecule has 1 heterocycles. The monoisotopic (exact) mass is 282 g/mol. The van der Waals surface area contributed by atoms with E-state index in [0.717, 1.165) is 5.69 Å². The standard InChI is InChI=1S/C11H11BrN2O2/c1-3-5-13-10(15)7-6-8(12)9(4-2)14-11(7)16/h1,6H,4-5H2,2H3,(H,13,15)(H,14,16). The zero-order valence-corrected chi connectivity index (χ0v) is 10.3. The zero-order chi connectivity index (χ0) is 12.1. The summed E-state index contributed by atoms with van der Waals surface area (Å²) in [4.78, 5) is 25.7. The summed E-state index contributed by atoms with van der Waals surface area (Å²) < 4.78 is 0.709. The summed E-state index contributed by atoms with van der Waals surface area (Å²) in [7, 11) is 0. The van der Waals surface area contributed by atoms with Gasteiger partial charge in [0.25, 0.3) is 11.5 Å². The maximum absolute atomic E-state index is 11.6. The molecule has 0 unspecified atom stereocenters. The Hall–Kier alpha value is -1.54. The molecule has 0 aliphatic heterocycles. The van der Waals surface area contributed by atoms with Crippen molar-refractivity contribution < 1.29 is 4.79 Å². The van der Waals surface area contributed by atoms with Crippen LogP contribution in [0.25, 0.3) is 0 Å². The third-order valence-electron chi connectivity index (χ3n) is 2.02. The molecule has 0 spiro atoms. The van der Waals surface area contributed by atoms with Crippen LogP contribution in [-0.4, -0.2) is 17.4 Å². The Morgan fingerprint density at radius 2 is 2.38 bits per heavy atom. The predicted octanol–water partition coefficient (Wildman–Crippen LogP) is 1.06. The number of amides is 1. The number of carbonyl (C=O) groups excluding carboxylic acids is 1. The number of nitrogens with one attached hydrogen (secondary N) is 2. The number of aromatic amines is 1. The van der Waals surface area contributed by atoms with Crippen LogP contribution in [0.4, 0.5) is 0 Å². The minimum Gasteiger partial charge on any atom is -0.341 e. The molecule has 1 aromatic heterocycles. The van der Waals surface area contributed by atoms with Crippen LogP contribution in [0, 0.1) is 12.3 Å². The van der Waals surface area contributed by atoms with E-state index in [9.17, 15) is 9.59 Å². The lowest BCUT2D eigenvalue weighted by molar-refractivity contribution is 0.0957. The number of carbonyl (C=O) groups is 1. The van der Waals surface area contributed by atoms with Crippen LogP contribution in [0.3, 0.4) is 0 Å². The summed E-state index contributed by atoms with van der Waals surface area (Å²) in [6.07, 6.45) is 5.69. The Balaban J connectivity index is 3.07. The van der Waals surface area contributed by atoms with E-state index in [1.54, 1.807) is 0 Å². The van der Waals surface area contributed by atoms with Gasteiger partial charge in [-0.2, -0.15) is 0 Å². The molecule has 0 aliphatic carbocycles. The Morgan fingerprint density at radius 1 is 1.69 bits per heavy atom. The first-order chi connectivity index (χ1) is 7.60. The number of hydrogen-bond donors (Lipinski definition) is 2. The van der Waals surface area contributed by atoms with Crippen LogP contribution in [0.5, 0.6) is 0 Å². The Morgan fingerprint density at radius 3 is 2.94 bits per heavy atom. The normalized spacial score (nSPS) is 9.56. The van der Waals surface area contributed by atoms with Crippen LogP contribution in [-0.2, 0) is 6.42 Å². The average Bonchev–Trinajstić information content (AvgIpc) is 2.28. The van der Waals surface area contributed by atoms with Crippen molar-refractivity contribution in [3.63, 3.8) is 0 Å². The fourth-order valence-corrected chi connectivity index (χ4v) is 1.80. The number of rotatable bonds is 3. The fraction of sp³-hybridized carbons (Fsp3) is 0.273. The maximum Gasteiger partial charge on any atom is 0.261 e. The van der Waals surface area contributed by atoms with Gasteiger partial charge >= 0.3 is 0 Å². The fourth-order valence-electron chi connectivity index (χ4n) is 1.20. The molecule has 0 atom stereocenters. The zero-order valence-electron chi connectivity index (χ0n) is 8.76. The van der Waals surface area contributed by atoms with Crippen molar-refractivity contribution in [3.05, 3.63) is 32.2 Å². The molecule has 0 radical (unpaired) electrons. The molecule has 0 saturated heterocycles. The number of terminal acetylenes is 1. The van der Waals surface area contributed by atoms with Crippen LogP contribution < -0.4 is 10.9 Å². The Kier molecular flexibility index (Phi) is 4.32. The van der Waals surface area contributed by atoms with Gasteiger partial charge in [0.2, 0.25) is 0 Å². The second-order valence-electron chi connectivity index (χ2n) is 3.08. The molecular weight excluding hydrogens is 272 g/mol. The molecule has 1 amide bonds. The summed E-state index contributed by atoms with van der Waals surface area (Å²) in [5, 5.41) is 2.44. The third-order valence-corrected chi connectivity index (χ3v) is 2.73. The molecule has 84 valence electrons. The molecule has 1 rings (SSSR count). The van der Waals surface area contributed by atoms with Crippen molar-refractivity contribution >= 4 is 21.8 Å². The van der Waals surface area contributed by atoms with Gasteiger partial charge in [-0.3, -0.25) is 9.59 Å². The number of H-pyrrole nitrogens is 1. The molecular formula is C11H11BrN2O2. The molecule has 2 N–H and O–H groups in total. The first-order valence-electron chi connectivity index (χ1n) is 4.73. The molecule has 0 fully saturated rings. The van der Waals surface area contributed by atoms with E-state index in [-0.39, 0.29) is 12.1 Å². The lowest BCUT2D eigenvalue weighted by atomic mass is 10.2. The van der Waals surface area contributed by atoms with Gasteiger partial charge < -0.3 is 10.3 Å². The van der Waals surface area contributed by atoms with Crippen LogP contribution in [0.1, 0.15) is 23.0 Å². The minimum absolute atomic E-state index is 0.0549. The molecule has 16 heavy (non-hydrogen) atoms. The summed E-state index contributed by atoms with van der Waals surface area (Å²) in [6, 6.07) is 1.50. The number of aryl methyl sites for hydroxylation is 1. The maximum atomic E-state index is 11.6. The number of halogens is 1. The largest absolute Gasteiger partial charge is 0.341 e. The van der Waals surface area contributed by atoms with Crippen LogP contribution in [0.15, 0.2) is 15.3 Å². The van der Waals surface area contributed by atoms with Crippen molar-refractivity contribution in [3.8, 4) is 12.3 Å². The molecule has 4 nitrogen and oxygen atoms in total. The molecule has 0 aliphatic rings. The summed E-state index contributed by atoms with van der Waals surface area (Å²) >= 11 is 3.29. The first-order valence-corrected chi connectivity index (χ1v) is 5.52. The van der Waals surface area contributed by atoms with Gasteiger partial charge in [0.1, 0.15) is 5.56 Å². The molecule has 0 bridgehead atoms. The lowest BCUT2D eigenvalue weighted by Gasteiger charge is -2.04. The highest BCUT2D eigenvalue weighted by Crippen LogP contribution is 2.14. The summed E-state index contributed by atoms with van der Waals surface area (Å²) in [5.41, 5.74) is 0.410. The lowest BCUT2D eigenvalue weighted by Crippen LogP contribution is -2.30. The van der Waals surface area contributed by atoms with Crippen molar-refractivity contribution in [2.24, 2.45) is 0 Å². The highest BCUT2D eigenvalue weighted by Gasteiger charge is 2.12. The molecule has 0 aromatic carbocycles. The topological polar surface area (TPSA) is 62.0 Å². The highest BCUT2D eigenvalue weighted by molar-refractivity contribution is 9.10. The number of hydrogen-bond acceptors (Lipinski definition) is 2. The average molecular weight is 283 g/mol. The molecule has 5 heteroatoms. The van der Waals surface area contributed by atoms with E-state index >= 15 is 0 Å². The van der Waals surface area contributed by atoms with Crippen molar-refractivity contribution in [2.75, 3.05) is 6.54 Å². The van der Waals surface area contributed by atoms with E-state index in [1.165, 1.54) is 6.07 Å². The van der Waals surface area contributed by atoms with Crippen molar-refractivity contribution in [1.29, 1.82) is 0 Å². The van der Waals surface area contributed by atoms with Gasteiger partial charge in [0.05, 0.1) is 6.54 Å². The molecule has 1 aromatic rings. The van der Waals surface area contributed by atoms with E-state index in [1.807, 2.05) is 6.92 Å². The predicted molar refractivity (Wildman–Crippen MR) is 65.3 cm³/mol. The van der Waals surface area contributed by atoms with Gasteiger partial charge in [-0.25, -0.2) is 0 Å². The highest BCUT2D eigenvalue weighted by atomic mass is 79.9. The van der Waals surface area contributed by atoms with Gasteiger partial charge in [-0.15, -0.1) is 6.42 Å². The SMILES string of the molecule is C#CCNC(=O)c1cc(Br)c(CC)[nH]c1=O. The first kappa shape index (κ1) is 12.5. The van der Waals surface area contributed by atoms with E-state index in [4.69, 9.17) is 6.42 Å². The van der Waals surface area contributed by atoms with Crippen molar-refractivity contribution in [2.45, 2.75) is 13.3 Å². The summed E-state index contributed by atoms with van der Waals surface area (Å²) in [6.45, 7) is 2.01. The Bertz CT molecular complexity index is 500. The van der Waals surface area contributed by atoms with E-state index in [2.05, 4.69) is 32.2 Å².